The number of morpholine rings is 1. The van der Waals surface area contributed by atoms with Crippen molar-refractivity contribution < 1.29 is 18.7 Å². The molecule has 1 unspecified atom stereocenters. The lowest BCUT2D eigenvalue weighted by atomic mass is 10.0. The van der Waals surface area contributed by atoms with Crippen molar-refractivity contribution in [2.45, 2.75) is 6.04 Å². The third-order valence-electron chi connectivity index (χ3n) is 4.62. The Morgan fingerprint density at radius 1 is 1.26 bits per heavy atom. The number of amides is 1. The first-order chi connectivity index (χ1) is 13.1. The fourth-order valence-electron chi connectivity index (χ4n) is 3.13. The molecule has 1 amide bonds. The van der Waals surface area contributed by atoms with Crippen LogP contribution in [0.15, 0.2) is 42.5 Å². The van der Waals surface area contributed by atoms with Gasteiger partial charge < -0.3 is 14.8 Å². The Bertz CT molecular complexity index is 779. The number of ether oxygens (including phenoxy) is 2. The van der Waals surface area contributed by atoms with Crippen LogP contribution in [0.1, 0.15) is 22.0 Å². The molecule has 2 aromatic rings. The second-order valence-electron chi connectivity index (χ2n) is 6.27. The fraction of sp³-hybridized carbons (Fsp3) is 0.350. The van der Waals surface area contributed by atoms with Crippen molar-refractivity contribution in [2.24, 2.45) is 0 Å². The molecule has 1 aliphatic heterocycles. The van der Waals surface area contributed by atoms with Gasteiger partial charge in [0.05, 0.1) is 31.9 Å². The Balaban J connectivity index is 1.75. The van der Waals surface area contributed by atoms with E-state index in [4.69, 9.17) is 21.1 Å². The molecule has 0 spiro atoms. The van der Waals surface area contributed by atoms with Crippen molar-refractivity contribution in [3.8, 4) is 5.75 Å². The Morgan fingerprint density at radius 2 is 1.96 bits per heavy atom. The van der Waals surface area contributed by atoms with E-state index in [0.29, 0.717) is 19.8 Å². The van der Waals surface area contributed by atoms with Crippen LogP contribution in [0, 0.1) is 5.82 Å². The molecule has 1 atom stereocenters. The summed E-state index contributed by atoms with van der Waals surface area (Å²) in [5, 5.41) is 3.11. The normalized spacial score (nSPS) is 16.0. The molecule has 27 heavy (non-hydrogen) atoms. The van der Waals surface area contributed by atoms with Gasteiger partial charge in [0.1, 0.15) is 11.6 Å². The molecule has 7 heteroatoms. The van der Waals surface area contributed by atoms with E-state index in [9.17, 15) is 9.18 Å². The third kappa shape index (κ3) is 4.97. The molecule has 0 radical (unpaired) electrons. The average molecular weight is 393 g/mol. The number of hydrogen-bond donors (Lipinski definition) is 1. The number of carbonyl (C=O) groups is 1. The first-order valence-electron chi connectivity index (χ1n) is 8.77. The van der Waals surface area contributed by atoms with E-state index in [1.54, 1.807) is 7.11 Å². The lowest BCUT2D eigenvalue weighted by molar-refractivity contribution is 0.0162. The molecular weight excluding hydrogens is 371 g/mol. The lowest BCUT2D eigenvalue weighted by Gasteiger charge is -2.35. The second kappa shape index (κ2) is 9.17. The Hall–Kier alpha value is -2.15. The van der Waals surface area contributed by atoms with Crippen LogP contribution in [0.3, 0.4) is 0 Å². The Labute approximate surface area is 163 Å². The summed E-state index contributed by atoms with van der Waals surface area (Å²) in [6.45, 7) is 3.18. The van der Waals surface area contributed by atoms with Crippen molar-refractivity contribution in [1.82, 2.24) is 10.2 Å². The number of halogens is 2. The van der Waals surface area contributed by atoms with Crippen LogP contribution in [0.2, 0.25) is 5.02 Å². The second-order valence-corrected chi connectivity index (χ2v) is 6.71. The predicted molar refractivity (Wildman–Crippen MR) is 102 cm³/mol. The van der Waals surface area contributed by atoms with Gasteiger partial charge in [0.2, 0.25) is 0 Å². The van der Waals surface area contributed by atoms with Gasteiger partial charge in [-0.25, -0.2) is 4.39 Å². The number of carbonyl (C=O) groups excluding carboxylic acids is 1. The number of benzene rings is 2. The van der Waals surface area contributed by atoms with Crippen molar-refractivity contribution in [3.05, 3.63) is 64.4 Å². The Morgan fingerprint density at radius 3 is 2.59 bits per heavy atom. The maximum Gasteiger partial charge on any atom is 0.254 e. The summed E-state index contributed by atoms with van der Waals surface area (Å²) in [5.74, 6) is -0.324. The van der Waals surface area contributed by atoms with Crippen molar-refractivity contribution in [2.75, 3.05) is 40.0 Å². The zero-order chi connectivity index (χ0) is 19.2. The zero-order valence-corrected chi connectivity index (χ0v) is 15.8. The molecular formula is C20H22ClFN2O3. The summed E-state index contributed by atoms with van der Waals surface area (Å²) >= 11 is 5.75. The summed E-state index contributed by atoms with van der Waals surface area (Å²) in [7, 11) is 1.62. The molecule has 1 fully saturated rings. The zero-order valence-electron chi connectivity index (χ0n) is 15.1. The van der Waals surface area contributed by atoms with Gasteiger partial charge in [-0.15, -0.1) is 0 Å². The van der Waals surface area contributed by atoms with E-state index in [1.165, 1.54) is 12.1 Å². The molecule has 1 heterocycles. The highest BCUT2D eigenvalue weighted by atomic mass is 35.5. The van der Waals surface area contributed by atoms with Crippen molar-refractivity contribution >= 4 is 17.5 Å². The number of hydrogen-bond acceptors (Lipinski definition) is 4. The molecule has 0 aliphatic carbocycles. The summed E-state index contributed by atoms with van der Waals surface area (Å²) in [4.78, 5) is 14.7. The predicted octanol–water partition coefficient (Wildman–Crippen LogP) is 3.29. The molecule has 5 nitrogen and oxygen atoms in total. The van der Waals surface area contributed by atoms with E-state index in [1.807, 2.05) is 24.3 Å². The van der Waals surface area contributed by atoms with Gasteiger partial charge in [-0.2, -0.15) is 0 Å². The van der Waals surface area contributed by atoms with E-state index in [0.717, 1.165) is 30.5 Å². The third-order valence-corrected chi connectivity index (χ3v) is 4.85. The van der Waals surface area contributed by atoms with Crippen molar-refractivity contribution in [1.29, 1.82) is 0 Å². The molecule has 0 aromatic heterocycles. The summed E-state index contributed by atoms with van der Waals surface area (Å²) < 4.78 is 24.7. The highest BCUT2D eigenvalue weighted by molar-refractivity contribution is 6.30. The first-order valence-corrected chi connectivity index (χ1v) is 9.15. The van der Waals surface area contributed by atoms with Crippen LogP contribution in [-0.2, 0) is 4.74 Å². The SMILES string of the molecule is COc1ccc(C(CNC(=O)c2ccc(Cl)cc2F)N2CCOCC2)cc1. The molecule has 3 rings (SSSR count). The molecule has 0 bridgehead atoms. The summed E-state index contributed by atoms with van der Waals surface area (Å²) in [6.07, 6.45) is 0. The van der Waals surface area contributed by atoms with Gasteiger partial charge in [-0.1, -0.05) is 23.7 Å². The van der Waals surface area contributed by atoms with E-state index >= 15 is 0 Å². The van der Waals surface area contributed by atoms with Crippen molar-refractivity contribution in [3.63, 3.8) is 0 Å². The van der Waals surface area contributed by atoms with Gasteiger partial charge in [0.25, 0.3) is 5.91 Å². The minimum absolute atomic E-state index is 0.0186. The standard InChI is InChI=1S/C20H22ClFN2O3/c1-26-16-5-2-14(3-6-16)19(24-8-10-27-11-9-24)13-23-20(25)17-7-4-15(21)12-18(17)22/h2-7,12,19H,8-11,13H2,1H3,(H,23,25). The number of nitrogens with one attached hydrogen (secondary N) is 1. The maximum absolute atomic E-state index is 14.0. The largest absolute Gasteiger partial charge is 0.497 e. The quantitative estimate of drug-likeness (QED) is 0.819. The summed E-state index contributed by atoms with van der Waals surface area (Å²) in [5.41, 5.74) is 1.03. The summed E-state index contributed by atoms with van der Waals surface area (Å²) in [6, 6.07) is 11.7. The molecule has 0 saturated carbocycles. The van der Waals surface area contributed by atoms with Crippen LogP contribution in [0.5, 0.6) is 5.75 Å². The maximum atomic E-state index is 14.0. The monoisotopic (exact) mass is 392 g/mol. The van der Waals surface area contributed by atoms with Crippen LogP contribution in [0.25, 0.3) is 0 Å². The van der Waals surface area contributed by atoms with Crippen LogP contribution in [0.4, 0.5) is 4.39 Å². The lowest BCUT2D eigenvalue weighted by Crippen LogP contribution is -2.43. The first kappa shape index (κ1) is 19.6. The topological polar surface area (TPSA) is 50.8 Å². The Kier molecular flexibility index (Phi) is 6.66. The molecule has 144 valence electrons. The molecule has 2 aromatic carbocycles. The van der Waals surface area contributed by atoms with Crippen LogP contribution in [-0.4, -0.2) is 50.8 Å². The van der Waals surface area contributed by atoms with E-state index in [2.05, 4.69) is 10.2 Å². The van der Waals surface area contributed by atoms with E-state index in [-0.39, 0.29) is 16.6 Å². The van der Waals surface area contributed by atoms with Gasteiger partial charge in [0, 0.05) is 24.7 Å². The van der Waals surface area contributed by atoms with Crippen LogP contribution < -0.4 is 10.1 Å². The smallest absolute Gasteiger partial charge is 0.254 e. The fourth-order valence-corrected chi connectivity index (χ4v) is 3.29. The van der Waals surface area contributed by atoms with Gasteiger partial charge in [0.15, 0.2) is 0 Å². The minimum atomic E-state index is -0.632. The van der Waals surface area contributed by atoms with Gasteiger partial charge in [-0.05, 0) is 35.9 Å². The molecule has 1 N–H and O–H groups in total. The average Bonchev–Trinajstić information content (AvgIpc) is 2.69. The van der Waals surface area contributed by atoms with Gasteiger partial charge in [-0.3, -0.25) is 9.69 Å². The van der Waals surface area contributed by atoms with Crippen LogP contribution >= 0.6 is 11.6 Å². The number of rotatable bonds is 6. The minimum Gasteiger partial charge on any atom is -0.497 e. The van der Waals surface area contributed by atoms with Gasteiger partial charge >= 0.3 is 0 Å². The molecule has 1 saturated heterocycles. The molecule has 1 aliphatic rings. The number of nitrogens with zero attached hydrogens (tertiary/aromatic N) is 1. The number of methoxy groups -OCH3 is 1. The highest BCUT2D eigenvalue weighted by Crippen LogP contribution is 2.24. The van der Waals surface area contributed by atoms with E-state index < -0.39 is 11.7 Å². The highest BCUT2D eigenvalue weighted by Gasteiger charge is 2.24.